The lowest BCUT2D eigenvalue weighted by molar-refractivity contribution is -0.141. The van der Waals surface area contributed by atoms with Crippen molar-refractivity contribution >= 4 is 46.3 Å². The van der Waals surface area contributed by atoms with Crippen LogP contribution in [0.4, 0.5) is 28.4 Å². The lowest BCUT2D eigenvalue weighted by Gasteiger charge is -2.31. The Kier molecular flexibility index (Phi) is 7.21. The Morgan fingerprint density at radius 2 is 1.76 bits per heavy atom. The third-order valence-electron chi connectivity index (χ3n) is 6.42. The summed E-state index contributed by atoms with van der Waals surface area (Å²) in [6.45, 7) is 6.70. The molecule has 0 unspecified atom stereocenters. The number of anilines is 1. The molecule has 4 rings (SSSR count). The van der Waals surface area contributed by atoms with Gasteiger partial charge in [0, 0.05) is 56.0 Å². The van der Waals surface area contributed by atoms with Crippen molar-refractivity contribution in [1.29, 1.82) is 0 Å². The number of rotatable bonds is 3. The summed E-state index contributed by atoms with van der Waals surface area (Å²) >= 11 is 6.15. The SMILES string of the molecule is CN1CCN(C(=O)Oc2cc3c(c4c(C(=O)O)c(C(F)(F)F)[nH]c24)[C@H](CCl)CN3C(=O)OC(C)(C)C)CC1. The van der Waals surface area contributed by atoms with E-state index in [9.17, 15) is 32.7 Å². The fraction of sp³-hybridized carbons (Fsp3) is 0.542. The minimum absolute atomic E-state index is 0.0637. The van der Waals surface area contributed by atoms with Crippen molar-refractivity contribution in [2.24, 2.45) is 0 Å². The molecule has 0 spiro atoms. The first-order valence-corrected chi connectivity index (χ1v) is 12.4. The molecule has 2 aliphatic rings. The summed E-state index contributed by atoms with van der Waals surface area (Å²) < 4.78 is 52.9. The van der Waals surface area contributed by atoms with Crippen LogP contribution in [0.15, 0.2) is 6.07 Å². The molecule has 10 nitrogen and oxygen atoms in total. The Morgan fingerprint density at radius 3 is 2.29 bits per heavy atom. The first-order chi connectivity index (χ1) is 17.6. The number of benzene rings is 1. The highest BCUT2D eigenvalue weighted by atomic mass is 35.5. The van der Waals surface area contributed by atoms with Crippen molar-refractivity contribution in [3.63, 3.8) is 0 Å². The number of nitrogens with zero attached hydrogens (tertiary/aromatic N) is 3. The molecule has 2 amide bonds. The van der Waals surface area contributed by atoms with Crippen molar-refractivity contribution in [2.45, 2.75) is 38.5 Å². The molecule has 208 valence electrons. The lowest BCUT2D eigenvalue weighted by atomic mass is 9.95. The third kappa shape index (κ3) is 5.21. The molecule has 1 fully saturated rings. The van der Waals surface area contributed by atoms with Crippen molar-refractivity contribution in [3.05, 3.63) is 22.9 Å². The van der Waals surface area contributed by atoms with Gasteiger partial charge in [0.2, 0.25) is 0 Å². The number of carboxylic acids is 1. The fourth-order valence-corrected chi connectivity index (χ4v) is 4.93. The number of hydrogen-bond acceptors (Lipinski definition) is 6. The summed E-state index contributed by atoms with van der Waals surface area (Å²) in [5.41, 5.74) is -3.56. The maximum Gasteiger partial charge on any atom is 0.432 e. The van der Waals surface area contributed by atoms with Crippen molar-refractivity contribution in [2.75, 3.05) is 50.6 Å². The predicted octanol–water partition coefficient (Wildman–Crippen LogP) is 4.71. The van der Waals surface area contributed by atoms with E-state index < -0.39 is 47.1 Å². The highest BCUT2D eigenvalue weighted by Gasteiger charge is 2.44. The Hall–Kier alpha value is -3.19. The molecule has 3 heterocycles. The second-order valence-electron chi connectivity index (χ2n) is 10.3. The first kappa shape index (κ1) is 27.8. The average molecular weight is 561 g/mol. The van der Waals surface area contributed by atoms with Gasteiger partial charge in [-0.15, -0.1) is 11.6 Å². The number of piperazine rings is 1. The third-order valence-corrected chi connectivity index (χ3v) is 6.79. The largest absolute Gasteiger partial charge is 0.478 e. The Balaban J connectivity index is 1.93. The van der Waals surface area contributed by atoms with E-state index in [2.05, 4.69) is 4.98 Å². The number of carboxylic acid groups (broad SMARTS) is 1. The van der Waals surface area contributed by atoms with Crippen LogP contribution in [-0.2, 0) is 10.9 Å². The molecule has 14 heteroatoms. The Bertz CT molecular complexity index is 1280. The molecular weight excluding hydrogens is 533 g/mol. The number of halogens is 4. The summed E-state index contributed by atoms with van der Waals surface area (Å²) in [7, 11) is 1.89. The van der Waals surface area contributed by atoms with Crippen LogP contribution in [-0.4, -0.2) is 89.3 Å². The quantitative estimate of drug-likeness (QED) is 0.522. The number of amides is 2. The molecule has 1 atom stereocenters. The van der Waals surface area contributed by atoms with E-state index in [4.69, 9.17) is 21.1 Å². The van der Waals surface area contributed by atoms with E-state index in [1.54, 1.807) is 20.8 Å². The number of aromatic carboxylic acids is 1. The number of nitrogens with one attached hydrogen (secondary N) is 1. The van der Waals surface area contributed by atoms with Crippen LogP contribution in [0.5, 0.6) is 5.75 Å². The summed E-state index contributed by atoms with van der Waals surface area (Å²) in [6, 6.07) is 1.25. The van der Waals surface area contributed by atoms with E-state index in [1.165, 1.54) is 15.9 Å². The Morgan fingerprint density at radius 1 is 1.13 bits per heavy atom. The topological polar surface area (TPSA) is 115 Å². The van der Waals surface area contributed by atoms with Crippen LogP contribution < -0.4 is 9.64 Å². The van der Waals surface area contributed by atoms with E-state index in [0.29, 0.717) is 26.2 Å². The molecule has 0 radical (unpaired) electrons. The second-order valence-corrected chi connectivity index (χ2v) is 10.6. The molecule has 0 saturated carbocycles. The summed E-state index contributed by atoms with van der Waals surface area (Å²) in [6.07, 6.45) is -6.67. The van der Waals surface area contributed by atoms with Gasteiger partial charge in [0.25, 0.3) is 0 Å². The van der Waals surface area contributed by atoms with Gasteiger partial charge in [0.15, 0.2) is 5.75 Å². The molecular formula is C24H28ClF3N4O6. The molecule has 1 aromatic carbocycles. The first-order valence-electron chi connectivity index (χ1n) is 11.9. The van der Waals surface area contributed by atoms with Crippen molar-refractivity contribution in [1.82, 2.24) is 14.8 Å². The normalized spacial score (nSPS) is 18.6. The zero-order valence-electron chi connectivity index (χ0n) is 21.2. The minimum Gasteiger partial charge on any atom is -0.478 e. The van der Waals surface area contributed by atoms with Gasteiger partial charge in [-0.05, 0) is 33.4 Å². The second kappa shape index (κ2) is 9.84. The smallest absolute Gasteiger partial charge is 0.432 e. The van der Waals surface area contributed by atoms with Gasteiger partial charge in [-0.2, -0.15) is 13.2 Å². The maximum absolute atomic E-state index is 14.0. The zero-order valence-corrected chi connectivity index (χ0v) is 22.0. The zero-order chi connectivity index (χ0) is 28.2. The number of H-pyrrole nitrogens is 1. The number of likely N-dealkylation sites (N-methyl/N-ethyl adjacent to an activating group) is 1. The molecule has 2 aliphatic heterocycles. The standard InChI is InChI=1S/C24H28ClF3N4O6/c1-23(2,3)38-22(36)32-11-12(10-25)15-13(32)9-14(37-21(35)31-7-5-30(4)6-8-31)18-16(15)17(20(33)34)19(29-18)24(26,27)28/h9,12,29H,5-8,10-11H2,1-4H3,(H,33,34)/t12-/m1/s1. The van der Waals surface area contributed by atoms with Crippen LogP contribution in [0.2, 0.25) is 0 Å². The molecule has 0 bridgehead atoms. The van der Waals surface area contributed by atoms with Gasteiger partial charge >= 0.3 is 24.3 Å². The predicted molar refractivity (Wildman–Crippen MR) is 132 cm³/mol. The van der Waals surface area contributed by atoms with E-state index in [1.807, 2.05) is 11.9 Å². The number of hydrogen-bond donors (Lipinski definition) is 2. The van der Waals surface area contributed by atoms with Gasteiger partial charge in [-0.1, -0.05) is 0 Å². The van der Waals surface area contributed by atoms with Gasteiger partial charge in [-0.3, -0.25) is 4.90 Å². The number of ether oxygens (including phenoxy) is 2. The fourth-order valence-electron chi connectivity index (χ4n) is 4.67. The molecule has 1 aromatic heterocycles. The maximum atomic E-state index is 14.0. The molecule has 38 heavy (non-hydrogen) atoms. The van der Waals surface area contributed by atoms with Gasteiger partial charge in [0.1, 0.15) is 11.3 Å². The number of aromatic nitrogens is 1. The minimum atomic E-state index is -5.06. The van der Waals surface area contributed by atoms with Crippen LogP contribution >= 0.6 is 11.6 Å². The molecule has 2 N–H and O–H groups in total. The highest BCUT2D eigenvalue weighted by Crippen LogP contribution is 2.49. The monoisotopic (exact) mass is 560 g/mol. The molecule has 0 aliphatic carbocycles. The lowest BCUT2D eigenvalue weighted by Crippen LogP contribution is -2.48. The average Bonchev–Trinajstić information content (AvgIpc) is 3.37. The van der Waals surface area contributed by atoms with Crippen LogP contribution in [0.3, 0.4) is 0 Å². The highest BCUT2D eigenvalue weighted by molar-refractivity contribution is 6.19. The number of alkyl halides is 4. The summed E-state index contributed by atoms with van der Waals surface area (Å²) in [5, 5.41) is 9.54. The van der Waals surface area contributed by atoms with Crippen LogP contribution in [0.25, 0.3) is 10.9 Å². The van der Waals surface area contributed by atoms with E-state index >= 15 is 0 Å². The van der Waals surface area contributed by atoms with E-state index in [-0.39, 0.29) is 40.3 Å². The van der Waals surface area contributed by atoms with Crippen LogP contribution in [0.1, 0.15) is 48.3 Å². The van der Waals surface area contributed by atoms with Crippen molar-refractivity contribution in [3.8, 4) is 5.75 Å². The van der Waals surface area contributed by atoms with Crippen LogP contribution in [0, 0.1) is 0 Å². The number of carbonyl (C=O) groups excluding carboxylic acids is 2. The van der Waals surface area contributed by atoms with Gasteiger partial charge < -0.3 is 29.4 Å². The van der Waals surface area contributed by atoms with Gasteiger partial charge in [-0.25, -0.2) is 14.4 Å². The number of carbonyl (C=O) groups is 3. The summed E-state index contributed by atoms with van der Waals surface area (Å²) in [5.74, 6) is -3.01. The summed E-state index contributed by atoms with van der Waals surface area (Å²) in [4.78, 5) is 44.9. The molecule has 2 aromatic rings. The Labute approximate surface area is 221 Å². The molecule has 1 saturated heterocycles. The van der Waals surface area contributed by atoms with Gasteiger partial charge in [0.05, 0.1) is 16.8 Å². The van der Waals surface area contributed by atoms with Crippen molar-refractivity contribution < 1.29 is 42.1 Å². The van der Waals surface area contributed by atoms with E-state index in [0.717, 1.165) is 0 Å². The number of aromatic amines is 1. The number of fused-ring (bicyclic) bond motifs is 3.